The second-order valence-corrected chi connectivity index (χ2v) is 9.24. The van der Waals surface area contributed by atoms with Crippen molar-refractivity contribution in [2.75, 3.05) is 31.5 Å². The molecule has 0 bridgehead atoms. The summed E-state index contributed by atoms with van der Waals surface area (Å²) in [5, 5.41) is 13.1. The third kappa shape index (κ3) is 5.62. The Morgan fingerprint density at radius 3 is 2.61 bits per heavy atom. The zero-order valence-electron chi connectivity index (χ0n) is 18.4. The molecule has 0 spiro atoms. The normalized spacial score (nSPS) is 23.3. The Balaban J connectivity index is 1.24. The van der Waals surface area contributed by atoms with Crippen molar-refractivity contribution in [3.63, 3.8) is 0 Å². The highest BCUT2D eigenvalue weighted by molar-refractivity contribution is 5.91. The van der Waals surface area contributed by atoms with Gasteiger partial charge in [-0.05, 0) is 55.7 Å². The van der Waals surface area contributed by atoms with E-state index in [-0.39, 0.29) is 23.5 Å². The van der Waals surface area contributed by atoms with E-state index in [1.54, 1.807) is 0 Å². The molecule has 1 saturated carbocycles. The number of hydrogen-bond donors (Lipinski definition) is 3. The number of alkyl halides is 3. The Morgan fingerprint density at radius 2 is 1.94 bits per heavy atom. The molecule has 7 nitrogen and oxygen atoms in total. The SMILES string of the molecule is NCC(O)C1CCC(N2CC(CC(=O)CNc3ncnc4ccc(C(F)(F)F)cc34)C2)CC1. The number of nitrogens with two attached hydrogens (primary N) is 1. The van der Waals surface area contributed by atoms with Crippen molar-refractivity contribution in [2.24, 2.45) is 17.6 Å². The smallest absolute Gasteiger partial charge is 0.392 e. The molecule has 2 heterocycles. The molecule has 0 radical (unpaired) electrons. The molecule has 1 aromatic heterocycles. The van der Waals surface area contributed by atoms with Crippen molar-refractivity contribution in [1.29, 1.82) is 0 Å². The van der Waals surface area contributed by atoms with Gasteiger partial charge >= 0.3 is 6.18 Å². The van der Waals surface area contributed by atoms with Gasteiger partial charge in [-0.25, -0.2) is 9.97 Å². The van der Waals surface area contributed by atoms with Crippen LogP contribution in [0.25, 0.3) is 10.9 Å². The summed E-state index contributed by atoms with van der Waals surface area (Å²) < 4.78 is 39.2. The van der Waals surface area contributed by atoms with Gasteiger partial charge in [0.1, 0.15) is 12.1 Å². The Labute approximate surface area is 190 Å². The predicted octanol–water partition coefficient (Wildman–Crippen LogP) is 2.83. The number of Topliss-reactive ketones (excluding diaryl/α,β-unsaturated/α-hetero) is 1. The number of anilines is 1. The number of carbonyl (C=O) groups excluding carboxylic acids is 1. The molecule has 1 atom stereocenters. The molecule has 33 heavy (non-hydrogen) atoms. The number of fused-ring (bicyclic) bond motifs is 1. The van der Waals surface area contributed by atoms with Crippen LogP contribution in [0.1, 0.15) is 37.7 Å². The summed E-state index contributed by atoms with van der Waals surface area (Å²) in [7, 11) is 0. The van der Waals surface area contributed by atoms with Crippen LogP contribution in [0, 0.1) is 11.8 Å². The van der Waals surface area contributed by atoms with Crippen molar-refractivity contribution in [3.05, 3.63) is 30.1 Å². The van der Waals surface area contributed by atoms with E-state index in [1.807, 2.05) is 0 Å². The Morgan fingerprint density at radius 1 is 1.21 bits per heavy atom. The van der Waals surface area contributed by atoms with Crippen LogP contribution in [0.4, 0.5) is 19.0 Å². The summed E-state index contributed by atoms with van der Waals surface area (Å²) in [6.45, 7) is 2.09. The molecule has 2 fully saturated rings. The fourth-order valence-corrected chi connectivity index (χ4v) is 5.03. The van der Waals surface area contributed by atoms with Crippen LogP contribution < -0.4 is 11.1 Å². The molecule has 4 rings (SSSR count). The lowest BCUT2D eigenvalue weighted by atomic mass is 9.80. The number of carbonyl (C=O) groups is 1. The number of nitrogens with zero attached hydrogens (tertiary/aromatic N) is 3. The quantitative estimate of drug-likeness (QED) is 0.551. The van der Waals surface area contributed by atoms with E-state index >= 15 is 0 Å². The maximum atomic E-state index is 13.1. The summed E-state index contributed by atoms with van der Waals surface area (Å²) >= 11 is 0. The number of hydrogen-bond acceptors (Lipinski definition) is 7. The summed E-state index contributed by atoms with van der Waals surface area (Å²) in [6.07, 6.45) is 0.889. The fraction of sp³-hybridized carbons (Fsp3) is 0.609. The van der Waals surface area contributed by atoms with Gasteiger partial charge in [-0.3, -0.25) is 9.69 Å². The Kier molecular flexibility index (Phi) is 7.16. The van der Waals surface area contributed by atoms with Gasteiger partial charge in [-0.1, -0.05) is 0 Å². The van der Waals surface area contributed by atoms with E-state index in [0.29, 0.717) is 36.4 Å². The first-order valence-electron chi connectivity index (χ1n) is 11.4. The maximum Gasteiger partial charge on any atom is 0.416 e. The lowest BCUT2D eigenvalue weighted by Gasteiger charge is -2.47. The molecule has 0 amide bonds. The second-order valence-electron chi connectivity index (χ2n) is 9.24. The molecular weight excluding hydrogens is 435 g/mol. The van der Waals surface area contributed by atoms with Gasteiger partial charge in [-0.2, -0.15) is 13.2 Å². The predicted molar refractivity (Wildman–Crippen MR) is 119 cm³/mol. The number of aliphatic hydroxyl groups excluding tert-OH is 1. The molecule has 4 N–H and O–H groups in total. The number of aromatic nitrogens is 2. The highest BCUT2D eigenvalue weighted by Crippen LogP contribution is 2.34. The first-order chi connectivity index (χ1) is 15.7. The molecule has 1 saturated heterocycles. The molecule has 2 aromatic rings. The van der Waals surface area contributed by atoms with Crippen LogP contribution in [0.15, 0.2) is 24.5 Å². The number of nitrogens with one attached hydrogen (secondary N) is 1. The minimum atomic E-state index is -4.46. The van der Waals surface area contributed by atoms with Crippen molar-refractivity contribution in [1.82, 2.24) is 14.9 Å². The number of aliphatic hydroxyl groups is 1. The number of likely N-dealkylation sites (tertiary alicyclic amines) is 1. The number of ketones is 1. The first-order valence-corrected chi connectivity index (χ1v) is 11.4. The van der Waals surface area contributed by atoms with Gasteiger partial charge in [-0.15, -0.1) is 0 Å². The van der Waals surface area contributed by atoms with Gasteiger partial charge < -0.3 is 16.2 Å². The molecular formula is C23H30F3N5O2. The summed E-state index contributed by atoms with van der Waals surface area (Å²) in [4.78, 5) is 22.9. The van der Waals surface area contributed by atoms with E-state index in [9.17, 15) is 23.1 Å². The molecule has 180 valence electrons. The average molecular weight is 466 g/mol. The topological polar surface area (TPSA) is 104 Å². The minimum Gasteiger partial charge on any atom is -0.392 e. The minimum absolute atomic E-state index is 0.00756. The van der Waals surface area contributed by atoms with Crippen molar-refractivity contribution >= 4 is 22.5 Å². The fourth-order valence-electron chi connectivity index (χ4n) is 5.03. The Hall–Kier alpha value is -2.30. The van der Waals surface area contributed by atoms with E-state index in [4.69, 9.17) is 5.73 Å². The number of halogens is 3. The highest BCUT2D eigenvalue weighted by atomic mass is 19.4. The van der Waals surface area contributed by atoms with E-state index in [0.717, 1.165) is 50.9 Å². The standard InChI is InChI=1S/C23H30F3N5O2/c24-23(25,26)16-3-6-20-19(8-16)22(30-13-29-20)28-10-18(32)7-14-11-31(12-14)17-4-1-15(2-5-17)21(33)9-27/h3,6,8,13-15,17,21,33H,1-2,4-5,7,9-12,27H2,(H,28,29,30). The zero-order chi connectivity index (χ0) is 23.6. The molecule has 1 unspecified atom stereocenters. The molecule has 1 aliphatic heterocycles. The van der Waals surface area contributed by atoms with Crippen LogP contribution >= 0.6 is 0 Å². The summed E-state index contributed by atoms with van der Waals surface area (Å²) in [5.74, 6) is 0.825. The van der Waals surface area contributed by atoms with E-state index in [2.05, 4.69) is 20.2 Å². The van der Waals surface area contributed by atoms with Crippen LogP contribution in [0.5, 0.6) is 0 Å². The second kappa shape index (κ2) is 9.90. The van der Waals surface area contributed by atoms with Gasteiger partial charge in [0.2, 0.25) is 0 Å². The van der Waals surface area contributed by atoms with E-state index in [1.165, 1.54) is 12.4 Å². The molecule has 10 heteroatoms. The van der Waals surface area contributed by atoms with Gasteiger partial charge in [0.25, 0.3) is 0 Å². The van der Waals surface area contributed by atoms with Crippen molar-refractivity contribution in [3.8, 4) is 0 Å². The monoisotopic (exact) mass is 465 g/mol. The summed E-state index contributed by atoms with van der Waals surface area (Å²) in [6, 6.07) is 3.80. The van der Waals surface area contributed by atoms with Crippen LogP contribution in [0.3, 0.4) is 0 Å². The summed E-state index contributed by atoms with van der Waals surface area (Å²) in [5.41, 5.74) is 5.17. The highest BCUT2D eigenvalue weighted by Gasteiger charge is 2.36. The average Bonchev–Trinajstić information content (AvgIpc) is 2.78. The lowest BCUT2D eigenvalue weighted by Crippen LogP contribution is -2.54. The number of benzene rings is 1. The van der Waals surface area contributed by atoms with Crippen LogP contribution in [0.2, 0.25) is 0 Å². The van der Waals surface area contributed by atoms with Crippen LogP contribution in [-0.2, 0) is 11.0 Å². The van der Waals surface area contributed by atoms with Crippen molar-refractivity contribution in [2.45, 2.75) is 50.4 Å². The zero-order valence-corrected chi connectivity index (χ0v) is 18.4. The Bertz CT molecular complexity index is 972. The lowest BCUT2D eigenvalue weighted by molar-refractivity contribution is -0.137. The maximum absolute atomic E-state index is 13.1. The van der Waals surface area contributed by atoms with Crippen LogP contribution in [-0.4, -0.2) is 64.1 Å². The first kappa shape index (κ1) is 23.8. The van der Waals surface area contributed by atoms with E-state index < -0.39 is 17.8 Å². The third-order valence-corrected chi connectivity index (χ3v) is 6.96. The largest absolute Gasteiger partial charge is 0.416 e. The third-order valence-electron chi connectivity index (χ3n) is 6.96. The van der Waals surface area contributed by atoms with Gasteiger partial charge in [0.05, 0.1) is 23.7 Å². The number of rotatable bonds is 8. The van der Waals surface area contributed by atoms with Crippen molar-refractivity contribution < 1.29 is 23.1 Å². The molecule has 2 aliphatic rings. The van der Waals surface area contributed by atoms with Gasteiger partial charge in [0, 0.05) is 37.5 Å². The molecule has 1 aliphatic carbocycles. The van der Waals surface area contributed by atoms with Gasteiger partial charge in [0.15, 0.2) is 5.78 Å². The molecule has 1 aromatic carbocycles.